The zero-order valence-corrected chi connectivity index (χ0v) is 29.8. The maximum atomic E-state index is 11.7. The molecule has 2 aromatic heterocycles. The van der Waals surface area contributed by atoms with Gasteiger partial charge >= 0.3 is 0 Å². The van der Waals surface area contributed by atoms with Crippen molar-refractivity contribution < 1.29 is 15.3 Å². The summed E-state index contributed by atoms with van der Waals surface area (Å²) in [5, 5.41) is 38.4. The third-order valence-corrected chi connectivity index (χ3v) is 9.86. The van der Waals surface area contributed by atoms with Crippen LogP contribution in [-0.2, 0) is 12.8 Å². The zero-order chi connectivity index (χ0) is 35.6. The normalized spacial score (nSPS) is 11.6. The molecule has 8 rings (SSSR count). The minimum Gasteiger partial charge on any atom is -0.505 e. The second-order valence-electron chi connectivity index (χ2n) is 13.1. The Kier molecular flexibility index (Phi) is 9.54. The fourth-order valence-corrected chi connectivity index (χ4v) is 7.56. The van der Waals surface area contributed by atoms with Gasteiger partial charge in [-0.3, -0.25) is 4.90 Å². The van der Waals surface area contributed by atoms with Crippen LogP contribution in [0.25, 0.3) is 55.0 Å². The number of nitrogens with zero attached hydrogens (tertiary/aromatic N) is 3. The van der Waals surface area contributed by atoms with E-state index in [1.807, 2.05) is 91.5 Å². The van der Waals surface area contributed by atoms with Gasteiger partial charge in [-0.05, 0) is 85.3 Å². The summed E-state index contributed by atoms with van der Waals surface area (Å²) in [7, 11) is 0. The molecule has 0 saturated carbocycles. The molecular formula is C45H45N3O3. The molecule has 6 aromatic carbocycles. The number of fused-ring (bicyclic) bond motifs is 6. The van der Waals surface area contributed by atoms with Gasteiger partial charge in [-0.2, -0.15) is 0 Å². The fraction of sp³-hybridized carbons (Fsp3) is 0.200. The van der Waals surface area contributed by atoms with Crippen LogP contribution < -0.4 is 0 Å². The molecule has 0 spiro atoms. The number of hydrogen-bond donors (Lipinski definition) is 3. The first kappa shape index (κ1) is 33.9. The first-order valence-corrected chi connectivity index (χ1v) is 17.9. The summed E-state index contributed by atoms with van der Waals surface area (Å²) in [6.45, 7) is 9.08. The summed E-state index contributed by atoms with van der Waals surface area (Å²) in [6, 6.07) is 41.3. The van der Waals surface area contributed by atoms with E-state index in [1.54, 1.807) is 0 Å². The van der Waals surface area contributed by atoms with E-state index >= 15 is 0 Å². The quantitative estimate of drug-likeness (QED) is 0.133. The standard InChI is InChI=1S/C43H39N3O3.C2H6/c1-28-23-30(42(48)40(25-28)45-36-15-7-3-11-32(36)33-12-4-8-16-37(33)45)19-21-44(27-47)22-20-31-24-29(2)26-41(43(31)49)46-38-17-9-5-13-34(38)35-14-6-10-18-39(35)46;1-2/h3-18,23-26,47-49H,19-22,27H2,1-2H3;1-2H3. The van der Waals surface area contributed by atoms with E-state index in [2.05, 4.69) is 71.5 Å². The van der Waals surface area contributed by atoms with Crippen molar-refractivity contribution in [3.8, 4) is 22.9 Å². The summed E-state index contributed by atoms with van der Waals surface area (Å²) in [5.74, 6) is 0.504. The zero-order valence-electron chi connectivity index (χ0n) is 29.8. The molecule has 0 amide bonds. The molecule has 0 fully saturated rings. The predicted octanol–water partition coefficient (Wildman–Crippen LogP) is 9.97. The number of aromatic nitrogens is 2. The highest BCUT2D eigenvalue weighted by molar-refractivity contribution is 6.10. The van der Waals surface area contributed by atoms with E-state index in [-0.39, 0.29) is 18.2 Å². The fourth-order valence-electron chi connectivity index (χ4n) is 7.56. The van der Waals surface area contributed by atoms with Crippen molar-refractivity contribution in [2.75, 3.05) is 19.8 Å². The van der Waals surface area contributed by atoms with E-state index < -0.39 is 0 Å². The van der Waals surface area contributed by atoms with Crippen molar-refractivity contribution in [2.24, 2.45) is 0 Å². The highest BCUT2D eigenvalue weighted by Gasteiger charge is 2.20. The molecule has 0 atom stereocenters. The van der Waals surface area contributed by atoms with Crippen molar-refractivity contribution in [1.82, 2.24) is 14.0 Å². The summed E-state index contributed by atoms with van der Waals surface area (Å²) in [4.78, 5) is 1.96. The largest absolute Gasteiger partial charge is 0.505 e. The van der Waals surface area contributed by atoms with Crippen LogP contribution in [0.3, 0.4) is 0 Å². The summed E-state index contributed by atoms with van der Waals surface area (Å²) in [6.07, 6.45) is 1.12. The number of aromatic hydroxyl groups is 2. The third kappa shape index (κ3) is 6.11. The van der Waals surface area contributed by atoms with Gasteiger partial charge in [-0.1, -0.05) is 98.8 Å². The van der Waals surface area contributed by atoms with Crippen LogP contribution in [0.1, 0.15) is 36.1 Å². The summed E-state index contributed by atoms with van der Waals surface area (Å²) >= 11 is 0. The van der Waals surface area contributed by atoms with Gasteiger partial charge in [-0.25, -0.2) is 0 Å². The Morgan fingerprint density at radius 2 is 0.804 bits per heavy atom. The van der Waals surface area contributed by atoms with Crippen LogP contribution in [0.15, 0.2) is 121 Å². The molecule has 0 aliphatic carbocycles. The maximum absolute atomic E-state index is 11.7. The average molecular weight is 676 g/mol. The van der Waals surface area contributed by atoms with Crippen molar-refractivity contribution in [1.29, 1.82) is 0 Å². The Morgan fingerprint density at radius 3 is 1.12 bits per heavy atom. The van der Waals surface area contributed by atoms with Gasteiger partial charge in [0, 0.05) is 34.6 Å². The van der Waals surface area contributed by atoms with Crippen molar-refractivity contribution in [2.45, 2.75) is 40.5 Å². The van der Waals surface area contributed by atoms with Crippen LogP contribution in [0.5, 0.6) is 11.5 Å². The Bertz CT molecular complexity index is 2230. The molecule has 0 bridgehead atoms. The Balaban J connectivity index is 0.00000200. The number of hydrogen-bond acceptors (Lipinski definition) is 4. The van der Waals surface area contributed by atoms with Crippen molar-refractivity contribution >= 4 is 43.6 Å². The lowest BCUT2D eigenvalue weighted by atomic mass is 10.0. The molecule has 0 saturated heterocycles. The molecule has 6 nitrogen and oxygen atoms in total. The lowest BCUT2D eigenvalue weighted by Crippen LogP contribution is -2.29. The van der Waals surface area contributed by atoms with Gasteiger partial charge in [0.05, 0.1) is 40.2 Å². The molecule has 0 unspecified atom stereocenters. The molecule has 8 aromatic rings. The predicted molar refractivity (Wildman–Crippen MR) is 212 cm³/mol. The van der Waals surface area contributed by atoms with Crippen LogP contribution in [-0.4, -0.2) is 49.2 Å². The van der Waals surface area contributed by atoms with Gasteiger partial charge in [0.2, 0.25) is 0 Å². The van der Waals surface area contributed by atoms with Crippen LogP contribution in [0, 0.1) is 13.8 Å². The van der Waals surface area contributed by atoms with Gasteiger partial charge < -0.3 is 24.5 Å². The minimum atomic E-state index is -0.126. The summed E-state index contributed by atoms with van der Waals surface area (Å²) in [5.41, 5.74) is 9.48. The van der Waals surface area contributed by atoms with Gasteiger partial charge in [0.1, 0.15) is 11.5 Å². The molecule has 258 valence electrons. The Labute approximate surface area is 299 Å². The number of rotatable bonds is 9. The van der Waals surface area contributed by atoms with Gasteiger partial charge in [0.15, 0.2) is 0 Å². The van der Waals surface area contributed by atoms with Crippen molar-refractivity contribution in [3.05, 3.63) is 144 Å². The van der Waals surface area contributed by atoms with Crippen LogP contribution >= 0.6 is 0 Å². The number of phenolic OH excluding ortho intramolecular Hbond substituents is 2. The molecule has 0 aliphatic heterocycles. The smallest absolute Gasteiger partial charge is 0.142 e. The molecule has 0 radical (unpaired) electrons. The lowest BCUT2D eigenvalue weighted by molar-refractivity contribution is 0.109. The monoisotopic (exact) mass is 675 g/mol. The molecule has 3 N–H and O–H groups in total. The van der Waals surface area contributed by atoms with E-state index in [4.69, 9.17) is 0 Å². The maximum Gasteiger partial charge on any atom is 0.142 e. The Hall–Kier alpha value is -5.56. The highest BCUT2D eigenvalue weighted by atomic mass is 16.3. The second-order valence-corrected chi connectivity index (χ2v) is 13.1. The molecule has 51 heavy (non-hydrogen) atoms. The number of aliphatic hydroxyl groups is 1. The first-order chi connectivity index (χ1) is 24.9. The van der Waals surface area contributed by atoms with Crippen LogP contribution in [0.4, 0.5) is 0 Å². The number of aryl methyl sites for hydroxylation is 2. The van der Waals surface area contributed by atoms with Gasteiger partial charge in [-0.15, -0.1) is 0 Å². The summed E-state index contributed by atoms with van der Waals surface area (Å²) < 4.78 is 4.30. The van der Waals surface area contributed by atoms with E-state index in [0.29, 0.717) is 25.9 Å². The topological polar surface area (TPSA) is 73.8 Å². The van der Waals surface area contributed by atoms with Crippen molar-refractivity contribution in [3.63, 3.8) is 0 Å². The van der Waals surface area contributed by atoms with Gasteiger partial charge in [0.25, 0.3) is 0 Å². The third-order valence-electron chi connectivity index (χ3n) is 9.86. The minimum absolute atomic E-state index is 0.126. The molecular weight excluding hydrogens is 631 g/mol. The number of aliphatic hydroxyl groups excluding tert-OH is 1. The van der Waals surface area contributed by atoms with E-state index in [9.17, 15) is 15.3 Å². The van der Waals surface area contributed by atoms with E-state index in [0.717, 1.165) is 77.2 Å². The second kappa shape index (κ2) is 14.4. The first-order valence-electron chi connectivity index (χ1n) is 17.9. The number of phenols is 2. The highest BCUT2D eigenvalue weighted by Crippen LogP contribution is 2.39. The van der Waals surface area contributed by atoms with E-state index in [1.165, 1.54) is 0 Å². The lowest BCUT2D eigenvalue weighted by Gasteiger charge is -2.22. The average Bonchev–Trinajstić information content (AvgIpc) is 3.68. The Morgan fingerprint density at radius 1 is 0.490 bits per heavy atom. The SMILES string of the molecule is CC.Cc1cc(CCN(CO)CCc2cc(C)cc(-n3c4ccccc4c4ccccc43)c2O)c(O)c(-n2c3ccccc3c3ccccc32)c1. The van der Waals surface area contributed by atoms with Crippen LogP contribution in [0.2, 0.25) is 0 Å². The number of para-hydroxylation sites is 4. The number of benzene rings is 6. The molecule has 2 heterocycles. The molecule has 6 heteroatoms. The molecule has 0 aliphatic rings.